The van der Waals surface area contributed by atoms with Gasteiger partial charge in [-0.1, -0.05) is 24.1 Å². The van der Waals surface area contributed by atoms with Crippen LogP contribution in [0.1, 0.15) is 52.8 Å². The Morgan fingerprint density at radius 3 is 2.78 bits per heavy atom. The molecular formula is C18H22N4O. The largest absolute Gasteiger partial charge is 0.337 e. The number of amides is 1. The van der Waals surface area contributed by atoms with Crippen LogP contribution in [0.5, 0.6) is 0 Å². The van der Waals surface area contributed by atoms with Crippen LogP contribution in [0.4, 0.5) is 0 Å². The molecule has 5 heteroatoms. The minimum Gasteiger partial charge on any atom is -0.337 e. The molecule has 0 radical (unpaired) electrons. The van der Waals surface area contributed by atoms with Crippen LogP contribution in [0.2, 0.25) is 0 Å². The highest BCUT2D eigenvalue weighted by Crippen LogP contribution is 2.55. The third-order valence-electron chi connectivity index (χ3n) is 5.48. The number of aromatic nitrogens is 3. The molecule has 1 saturated heterocycles. The third kappa shape index (κ3) is 2.35. The van der Waals surface area contributed by atoms with Gasteiger partial charge in [-0.15, -0.1) is 0 Å². The second-order valence-corrected chi connectivity index (χ2v) is 7.10. The number of aryl methyl sites for hydroxylation is 2. The fourth-order valence-electron chi connectivity index (χ4n) is 4.09. The molecule has 1 aliphatic carbocycles. The summed E-state index contributed by atoms with van der Waals surface area (Å²) in [6.45, 7) is 5.50. The predicted octanol–water partition coefficient (Wildman–Crippen LogP) is 2.83. The lowest BCUT2D eigenvalue weighted by Gasteiger charge is -2.41. The Kier molecular flexibility index (Phi) is 3.25. The third-order valence-corrected chi connectivity index (χ3v) is 5.48. The number of H-pyrrole nitrogens is 1. The molecule has 1 N–H and O–H groups in total. The normalized spacial score (nSPS) is 22.3. The van der Waals surface area contributed by atoms with Crippen LogP contribution in [0.25, 0.3) is 0 Å². The lowest BCUT2D eigenvalue weighted by atomic mass is 9.62. The van der Waals surface area contributed by atoms with Crippen molar-refractivity contribution < 1.29 is 4.79 Å². The van der Waals surface area contributed by atoms with Crippen LogP contribution in [-0.4, -0.2) is 39.1 Å². The van der Waals surface area contributed by atoms with Crippen molar-refractivity contribution in [2.24, 2.45) is 5.41 Å². The van der Waals surface area contributed by atoms with Crippen molar-refractivity contribution in [3.05, 3.63) is 47.0 Å². The summed E-state index contributed by atoms with van der Waals surface area (Å²) in [5.74, 6) is 2.12. The second kappa shape index (κ2) is 5.18. The van der Waals surface area contributed by atoms with Gasteiger partial charge in [0, 0.05) is 24.6 Å². The summed E-state index contributed by atoms with van der Waals surface area (Å²) >= 11 is 0. The number of carbonyl (C=O) groups excluding carboxylic acids is 1. The van der Waals surface area contributed by atoms with E-state index in [0.29, 0.717) is 0 Å². The van der Waals surface area contributed by atoms with Gasteiger partial charge in [-0.2, -0.15) is 5.10 Å². The molecule has 23 heavy (non-hydrogen) atoms. The van der Waals surface area contributed by atoms with Crippen LogP contribution in [0, 0.1) is 19.3 Å². The first-order chi connectivity index (χ1) is 11.1. The fourth-order valence-corrected chi connectivity index (χ4v) is 4.09. The Morgan fingerprint density at radius 1 is 1.35 bits per heavy atom. The molecule has 2 fully saturated rings. The van der Waals surface area contributed by atoms with E-state index in [1.807, 2.05) is 43.0 Å². The highest BCUT2D eigenvalue weighted by atomic mass is 16.2. The first kappa shape index (κ1) is 14.4. The van der Waals surface area contributed by atoms with E-state index in [-0.39, 0.29) is 17.2 Å². The Labute approximate surface area is 136 Å². The molecule has 120 valence electrons. The molecule has 4 rings (SSSR count). The number of hydrogen-bond donors (Lipinski definition) is 1. The Hall–Kier alpha value is -2.17. The molecule has 1 unspecified atom stereocenters. The number of benzene rings is 1. The van der Waals surface area contributed by atoms with Crippen molar-refractivity contribution in [3.63, 3.8) is 0 Å². The van der Waals surface area contributed by atoms with Gasteiger partial charge in [0.05, 0.1) is 0 Å². The van der Waals surface area contributed by atoms with Crippen molar-refractivity contribution in [1.29, 1.82) is 0 Å². The van der Waals surface area contributed by atoms with E-state index in [0.717, 1.165) is 35.9 Å². The summed E-state index contributed by atoms with van der Waals surface area (Å²) in [7, 11) is 0. The van der Waals surface area contributed by atoms with Crippen LogP contribution >= 0.6 is 0 Å². The van der Waals surface area contributed by atoms with E-state index in [4.69, 9.17) is 0 Å². The molecule has 2 aromatic rings. The maximum atomic E-state index is 12.9. The molecular weight excluding hydrogens is 288 g/mol. The summed E-state index contributed by atoms with van der Waals surface area (Å²) in [5.41, 5.74) is 2.09. The summed E-state index contributed by atoms with van der Waals surface area (Å²) in [5, 5.41) is 7.33. The number of rotatable bonds is 2. The molecule has 1 saturated carbocycles. The minimum absolute atomic E-state index is 0.134. The number of likely N-dealkylation sites (tertiary alicyclic amines) is 1. The second-order valence-electron chi connectivity index (χ2n) is 7.10. The lowest BCUT2D eigenvalue weighted by Crippen LogP contribution is -2.38. The number of carbonyl (C=O) groups is 1. The molecule has 1 atom stereocenters. The van der Waals surface area contributed by atoms with Gasteiger partial charge < -0.3 is 4.90 Å². The number of aromatic amines is 1. The molecule has 2 heterocycles. The molecule has 2 aliphatic rings. The van der Waals surface area contributed by atoms with Gasteiger partial charge in [0.1, 0.15) is 5.82 Å². The van der Waals surface area contributed by atoms with Crippen LogP contribution in [0.3, 0.4) is 0 Å². The summed E-state index contributed by atoms with van der Waals surface area (Å²) in [4.78, 5) is 19.4. The highest BCUT2D eigenvalue weighted by molar-refractivity contribution is 5.94. The van der Waals surface area contributed by atoms with Crippen molar-refractivity contribution >= 4 is 5.91 Å². The van der Waals surface area contributed by atoms with E-state index in [9.17, 15) is 4.79 Å². The first-order valence-electron chi connectivity index (χ1n) is 8.32. The zero-order valence-electron chi connectivity index (χ0n) is 13.7. The van der Waals surface area contributed by atoms with E-state index < -0.39 is 0 Å². The van der Waals surface area contributed by atoms with Gasteiger partial charge in [-0.05, 0) is 44.2 Å². The summed E-state index contributed by atoms with van der Waals surface area (Å²) < 4.78 is 0. The zero-order valence-corrected chi connectivity index (χ0v) is 13.7. The molecule has 1 aromatic heterocycles. The van der Waals surface area contributed by atoms with Crippen molar-refractivity contribution in [1.82, 2.24) is 20.1 Å². The smallest absolute Gasteiger partial charge is 0.253 e. The average Bonchev–Trinajstić information content (AvgIpc) is 3.09. The zero-order chi connectivity index (χ0) is 16.0. The fraction of sp³-hybridized carbons (Fsp3) is 0.500. The average molecular weight is 310 g/mol. The van der Waals surface area contributed by atoms with Gasteiger partial charge in [0.15, 0.2) is 5.82 Å². The van der Waals surface area contributed by atoms with Crippen molar-refractivity contribution in [2.45, 2.75) is 39.0 Å². The first-order valence-corrected chi connectivity index (χ1v) is 8.32. The van der Waals surface area contributed by atoms with Crippen LogP contribution in [-0.2, 0) is 0 Å². The van der Waals surface area contributed by atoms with Crippen LogP contribution in [0.15, 0.2) is 24.3 Å². The van der Waals surface area contributed by atoms with E-state index in [1.165, 1.54) is 19.3 Å². The van der Waals surface area contributed by atoms with Crippen LogP contribution < -0.4 is 0 Å². The van der Waals surface area contributed by atoms with Gasteiger partial charge in [-0.3, -0.25) is 9.89 Å². The van der Waals surface area contributed by atoms with E-state index in [1.54, 1.807) is 0 Å². The minimum atomic E-state index is 0.134. The topological polar surface area (TPSA) is 61.9 Å². The number of nitrogens with zero attached hydrogens (tertiary/aromatic N) is 3. The number of nitrogens with one attached hydrogen (secondary N) is 1. The predicted molar refractivity (Wildman–Crippen MR) is 87.2 cm³/mol. The highest BCUT2D eigenvalue weighted by Gasteiger charge is 2.53. The molecule has 1 spiro atoms. The molecule has 0 bridgehead atoms. The van der Waals surface area contributed by atoms with Crippen molar-refractivity contribution in [2.75, 3.05) is 13.1 Å². The van der Waals surface area contributed by atoms with E-state index >= 15 is 0 Å². The monoisotopic (exact) mass is 310 g/mol. The summed E-state index contributed by atoms with van der Waals surface area (Å²) in [6.07, 6.45) is 3.58. The SMILES string of the molecule is Cc1cccc(C(=O)N2CC(c3n[nH]c(C)n3)C3(CCC3)C2)c1. The van der Waals surface area contributed by atoms with Crippen molar-refractivity contribution in [3.8, 4) is 0 Å². The Morgan fingerprint density at radius 2 is 2.17 bits per heavy atom. The lowest BCUT2D eigenvalue weighted by molar-refractivity contribution is 0.0724. The number of hydrogen-bond acceptors (Lipinski definition) is 3. The van der Waals surface area contributed by atoms with Gasteiger partial charge in [-0.25, -0.2) is 4.98 Å². The summed E-state index contributed by atoms with van der Waals surface area (Å²) in [6, 6.07) is 7.86. The van der Waals surface area contributed by atoms with Gasteiger partial charge in [0.25, 0.3) is 5.91 Å². The standard InChI is InChI=1S/C18H22N4O/c1-12-5-3-6-14(9-12)17(23)22-10-15(16-19-13(2)20-21-16)18(11-22)7-4-8-18/h3,5-6,9,15H,4,7-8,10-11H2,1-2H3,(H,19,20,21). The quantitative estimate of drug-likeness (QED) is 0.928. The molecule has 1 amide bonds. The molecule has 1 aromatic carbocycles. The maximum Gasteiger partial charge on any atom is 0.253 e. The Balaban J connectivity index is 1.61. The maximum absolute atomic E-state index is 12.9. The van der Waals surface area contributed by atoms with Gasteiger partial charge in [0.2, 0.25) is 0 Å². The van der Waals surface area contributed by atoms with E-state index in [2.05, 4.69) is 15.2 Å². The molecule has 5 nitrogen and oxygen atoms in total. The van der Waals surface area contributed by atoms with Gasteiger partial charge >= 0.3 is 0 Å². The molecule has 1 aliphatic heterocycles. The Bertz CT molecular complexity index is 747.